The van der Waals surface area contributed by atoms with Crippen molar-refractivity contribution in [3.63, 3.8) is 0 Å². The van der Waals surface area contributed by atoms with E-state index in [1.165, 1.54) is 16.6 Å². The van der Waals surface area contributed by atoms with Gasteiger partial charge in [-0.3, -0.25) is 4.79 Å². The van der Waals surface area contributed by atoms with E-state index in [0.29, 0.717) is 28.9 Å². The molecule has 0 amide bonds. The Morgan fingerprint density at radius 3 is 2.59 bits per heavy atom. The average molecular weight is 301 g/mol. The minimum absolute atomic E-state index is 0.186. The minimum Gasteiger partial charge on any atom is -0.392 e. The van der Waals surface area contributed by atoms with Crippen molar-refractivity contribution in [3.8, 4) is 11.3 Å². The fraction of sp³-hybridized carbons (Fsp3) is 0.250. The quantitative estimate of drug-likeness (QED) is 0.803. The summed E-state index contributed by atoms with van der Waals surface area (Å²) in [5, 5.41) is 14.1. The lowest BCUT2D eigenvalue weighted by molar-refractivity contribution is 0.283. The van der Waals surface area contributed by atoms with Crippen molar-refractivity contribution in [3.05, 3.63) is 58.4 Å². The second-order valence-electron chi connectivity index (χ2n) is 5.08. The number of fused-ring (bicyclic) bond motifs is 1. The second-order valence-corrected chi connectivity index (χ2v) is 5.08. The van der Waals surface area contributed by atoms with Crippen molar-refractivity contribution >= 4 is 5.52 Å². The zero-order chi connectivity index (χ0) is 15.7. The Bertz CT molecular complexity index is 865. The molecule has 3 rings (SSSR count). The molecule has 22 heavy (non-hydrogen) atoms. The van der Waals surface area contributed by atoms with E-state index in [2.05, 4.69) is 5.10 Å². The van der Waals surface area contributed by atoms with Crippen molar-refractivity contribution in [1.29, 1.82) is 0 Å². The van der Waals surface area contributed by atoms with E-state index >= 15 is 0 Å². The van der Waals surface area contributed by atoms with Gasteiger partial charge >= 0.3 is 0 Å². The standard InChI is InChI=1S/C16H16FN3O2/c1-2-7-19-8-9-20-15(16(19)22)13(10-21)14(18-20)11-3-5-12(17)6-4-11/h3-6,8-9,21H,2,7,10H2,1H3. The molecule has 1 N–H and O–H groups in total. The van der Waals surface area contributed by atoms with E-state index in [1.54, 1.807) is 29.1 Å². The molecular weight excluding hydrogens is 285 g/mol. The highest BCUT2D eigenvalue weighted by Gasteiger charge is 2.17. The summed E-state index contributed by atoms with van der Waals surface area (Å²) in [6.07, 6.45) is 4.21. The van der Waals surface area contributed by atoms with Gasteiger partial charge in [0.25, 0.3) is 5.56 Å². The molecule has 0 aliphatic carbocycles. The predicted octanol–water partition coefficient (Wildman–Crippen LogP) is 2.20. The molecule has 3 aromatic rings. The molecule has 0 atom stereocenters. The Morgan fingerprint density at radius 2 is 1.95 bits per heavy atom. The fourth-order valence-electron chi connectivity index (χ4n) is 2.56. The summed E-state index contributed by atoms with van der Waals surface area (Å²) in [6.45, 7) is 2.29. The van der Waals surface area contributed by atoms with Crippen LogP contribution in [0.4, 0.5) is 4.39 Å². The van der Waals surface area contributed by atoms with Gasteiger partial charge in [-0.1, -0.05) is 6.92 Å². The normalized spacial score (nSPS) is 11.2. The zero-order valence-electron chi connectivity index (χ0n) is 12.2. The Morgan fingerprint density at radius 1 is 1.23 bits per heavy atom. The van der Waals surface area contributed by atoms with E-state index in [9.17, 15) is 14.3 Å². The smallest absolute Gasteiger partial charge is 0.276 e. The van der Waals surface area contributed by atoms with Crippen LogP contribution < -0.4 is 5.56 Å². The van der Waals surface area contributed by atoms with Gasteiger partial charge in [-0.25, -0.2) is 8.91 Å². The summed E-state index contributed by atoms with van der Waals surface area (Å²) >= 11 is 0. The number of aryl methyl sites for hydroxylation is 1. The Labute approximate surface area is 126 Å². The third-order valence-corrected chi connectivity index (χ3v) is 3.60. The number of halogens is 1. The van der Waals surface area contributed by atoms with E-state index in [-0.39, 0.29) is 18.0 Å². The van der Waals surface area contributed by atoms with E-state index < -0.39 is 0 Å². The summed E-state index contributed by atoms with van der Waals surface area (Å²) in [5.41, 5.74) is 1.79. The number of aliphatic hydroxyl groups excluding tert-OH is 1. The van der Waals surface area contributed by atoms with Crippen molar-refractivity contribution in [2.45, 2.75) is 26.5 Å². The summed E-state index contributed by atoms with van der Waals surface area (Å²) in [4.78, 5) is 12.5. The summed E-state index contributed by atoms with van der Waals surface area (Å²) in [7, 11) is 0. The lowest BCUT2D eigenvalue weighted by Gasteiger charge is -2.04. The fourth-order valence-corrected chi connectivity index (χ4v) is 2.56. The van der Waals surface area contributed by atoms with Gasteiger partial charge in [0.05, 0.1) is 12.3 Å². The maximum atomic E-state index is 13.1. The van der Waals surface area contributed by atoms with Crippen LogP contribution in [-0.2, 0) is 13.2 Å². The molecule has 0 unspecified atom stereocenters. The maximum absolute atomic E-state index is 13.1. The van der Waals surface area contributed by atoms with E-state index in [4.69, 9.17) is 0 Å². The van der Waals surface area contributed by atoms with Gasteiger partial charge in [-0.2, -0.15) is 5.10 Å². The SMILES string of the molecule is CCCn1ccn2nc(-c3ccc(F)cc3)c(CO)c2c1=O. The molecular formula is C16H16FN3O2. The van der Waals surface area contributed by atoms with Crippen LogP contribution in [0.3, 0.4) is 0 Å². The number of hydrogen-bond acceptors (Lipinski definition) is 3. The first-order valence-corrected chi connectivity index (χ1v) is 7.13. The molecule has 6 heteroatoms. The lowest BCUT2D eigenvalue weighted by Crippen LogP contribution is -2.21. The number of hydrogen-bond donors (Lipinski definition) is 1. The topological polar surface area (TPSA) is 59.5 Å². The van der Waals surface area contributed by atoms with E-state index in [1.807, 2.05) is 6.92 Å². The highest BCUT2D eigenvalue weighted by Crippen LogP contribution is 2.25. The number of nitrogens with zero attached hydrogens (tertiary/aromatic N) is 3. The molecule has 0 aliphatic rings. The molecule has 0 bridgehead atoms. The summed E-state index contributed by atoms with van der Waals surface area (Å²) in [6, 6.07) is 5.83. The third kappa shape index (κ3) is 2.31. The number of aliphatic hydroxyl groups is 1. The highest BCUT2D eigenvalue weighted by molar-refractivity contribution is 5.72. The molecule has 0 radical (unpaired) electrons. The van der Waals surface area contributed by atoms with Gasteiger partial charge in [0.15, 0.2) is 0 Å². The second kappa shape index (κ2) is 5.73. The molecule has 0 fully saturated rings. The van der Waals surface area contributed by atoms with Crippen LogP contribution >= 0.6 is 0 Å². The molecule has 5 nitrogen and oxygen atoms in total. The first-order chi connectivity index (χ1) is 10.7. The summed E-state index contributed by atoms with van der Waals surface area (Å²) in [5.74, 6) is -0.344. The molecule has 0 spiro atoms. The van der Waals surface area contributed by atoms with Crippen molar-refractivity contribution in [2.24, 2.45) is 0 Å². The Hall–Kier alpha value is -2.47. The predicted molar refractivity (Wildman–Crippen MR) is 81.1 cm³/mol. The zero-order valence-corrected chi connectivity index (χ0v) is 12.2. The van der Waals surface area contributed by atoms with Crippen LogP contribution in [0.15, 0.2) is 41.5 Å². The van der Waals surface area contributed by atoms with Crippen molar-refractivity contribution < 1.29 is 9.50 Å². The van der Waals surface area contributed by atoms with Crippen LogP contribution in [0.5, 0.6) is 0 Å². The van der Waals surface area contributed by atoms with E-state index in [0.717, 1.165) is 6.42 Å². The van der Waals surface area contributed by atoms with Gasteiger partial charge in [0.2, 0.25) is 0 Å². The first kappa shape index (κ1) is 14.5. The molecule has 0 aliphatic heterocycles. The van der Waals surface area contributed by atoms with Crippen LogP contribution in [0.2, 0.25) is 0 Å². The molecule has 2 aromatic heterocycles. The van der Waals surface area contributed by atoms with Crippen LogP contribution in [0.1, 0.15) is 18.9 Å². The van der Waals surface area contributed by atoms with Crippen LogP contribution in [0, 0.1) is 5.82 Å². The summed E-state index contributed by atoms with van der Waals surface area (Å²) < 4.78 is 16.1. The molecule has 1 aromatic carbocycles. The van der Waals surface area contributed by atoms with Gasteiger partial charge in [0.1, 0.15) is 11.3 Å². The van der Waals surface area contributed by atoms with Crippen molar-refractivity contribution in [2.75, 3.05) is 0 Å². The third-order valence-electron chi connectivity index (χ3n) is 3.60. The monoisotopic (exact) mass is 301 g/mol. The number of aromatic nitrogens is 3. The van der Waals surface area contributed by atoms with Crippen LogP contribution in [-0.4, -0.2) is 19.3 Å². The maximum Gasteiger partial charge on any atom is 0.276 e. The number of benzene rings is 1. The van der Waals surface area contributed by atoms with Gasteiger partial charge in [0, 0.05) is 30.1 Å². The lowest BCUT2D eigenvalue weighted by atomic mass is 10.1. The average Bonchev–Trinajstić information content (AvgIpc) is 2.90. The largest absolute Gasteiger partial charge is 0.392 e. The Kier molecular flexibility index (Phi) is 3.77. The van der Waals surface area contributed by atoms with Gasteiger partial charge in [-0.05, 0) is 30.7 Å². The van der Waals surface area contributed by atoms with Gasteiger partial charge in [-0.15, -0.1) is 0 Å². The molecule has 0 saturated carbocycles. The first-order valence-electron chi connectivity index (χ1n) is 7.13. The molecule has 114 valence electrons. The Balaban J connectivity index is 2.26. The molecule has 0 saturated heterocycles. The minimum atomic E-state index is -0.344. The van der Waals surface area contributed by atoms with Crippen molar-refractivity contribution in [1.82, 2.24) is 14.2 Å². The molecule has 2 heterocycles. The van der Waals surface area contributed by atoms with Gasteiger partial charge < -0.3 is 9.67 Å². The highest BCUT2D eigenvalue weighted by atomic mass is 19.1. The van der Waals surface area contributed by atoms with Crippen LogP contribution in [0.25, 0.3) is 16.8 Å². The number of rotatable bonds is 4.